The molecule has 0 saturated heterocycles. The molecule has 7 saturated carbocycles. The molecule has 16 unspecified atom stereocenters. The first kappa shape index (κ1) is 15.1. The lowest BCUT2D eigenvalue weighted by molar-refractivity contribution is -0.152. The summed E-state index contributed by atoms with van der Waals surface area (Å²) in [4.78, 5) is 12.6. The van der Waals surface area contributed by atoms with E-state index < -0.39 is 0 Å². The van der Waals surface area contributed by atoms with Gasteiger partial charge in [-0.3, -0.25) is 4.79 Å². The number of hydrogen-bond acceptors (Lipinski definition) is 2. The molecule has 2 heteroatoms. The molecular weight excluding hydrogens is 332 g/mol. The number of carbonyl (C=O) groups is 1. The quantitative estimate of drug-likeness (QED) is 0.395. The molecule has 0 spiro atoms. The molecule has 8 bridgehead atoms. The van der Waals surface area contributed by atoms with E-state index in [4.69, 9.17) is 4.74 Å². The fourth-order valence-electron chi connectivity index (χ4n) is 12.3. The fourth-order valence-corrected chi connectivity index (χ4v) is 12.3. The fraction of sp³-hybridized carbons (Fsp3) is 0.880. The number of allylic oxidation sites excluding steroid dienone is 2. The van der Waals surface area contributed by atoms with Crippen LogP contribution in [0, 0.1) is 94.7 Å². The highest BCUT2D eigenvalue weighted by molar-refractivity contribution is 5.74. The summed E-state index contributed by atoms with van der Waals surface area (Å²) in [5, 5.41) is 0. The van der Waals surface area contributed by atoms with Crippen molar-refractivity contribution in [1.29, 1.82) is 0 Å². The molecule has 2 nitrogen and oxygen atoms in total. The Morgan fingerprint density at radius 3 is 1.78 bits per heavy atom. The van der Waals surface area contributed by atoms with E-state index in [1.807, 2.05) is 0 Å². The van der Waals surface area contributed by atoms with E-state index in [1.54, 1.807) is 13.5 Å². The van der Waals surface area contributed by atoms with E-state index in [2.05, 4.69) is 19.1 Å². The molecule has 16 atom stereocenters. The Bertz CT molecular complexity index is 770. The van der Waals surface area contributed by atoms with Gasteiger partial charge in [0.2, 0.25) is 0 Å². The summed E-state index contributed by atoms with van der Waals surface area (Å²) in [5.41, 5.74) is 0. The van der Waals surface area contributed by atoms with Crippen molar-refractivity contribution in [3.05, 3.63) is 12.2 Å². The van der Waals surface area contributed by atoms with Crippen molar-refractivity contribution in [2.75, 3.05) is 7.11 Å². The van der Waals surface area contributed by atoms with Crippen molar-refractivity contribution < 1.29 is 9.53 Å². The molecule has 0 heterocycles. The van der Waals surface area contributed by atoms with Crippen LogP contribution in [0.15, 0.2) is 12.2 Å². The monoisotopic (exact) mass is 364 g/mol. The van der Waals surface area contributed by atoms with Crippen molar-refractivity contribution in [3.8, 4) is 0 Å². The lowest BCUT2D eigenvalue weighted by atomic mass is 9.53. The minimum atomic E-state index is 0.110. The van der Waals surface area contributed by atoms with E-state index in [-0.39, 0.29) is 11.9 Å². The Balaban J connectivity index is 1.18. The molecule has 8 aliphatic rings. The molecule has 27 heavy (non-hydrogen) atoms. The van der Waals surface area contributed by atoms with Crippen LogP contribution in [0.2, 0.25) is 0 Å². The predicted octanol–water partition coefficient (Wildman–Crippen LogP) is 4.26. The zero-order valence-electron chi connectivity index (χ0n) is 16.5. The standard InChI is InChI=1S/C25H32O2/c1-9-12-6-13(18(9)25(26)27-2)22-17-8-16(21(12)22)23-14-7-15(24(17)23)20-11-4-3-10(5-11)19(14)20/h3-4,9-24H,5-8H2,1-2H3. The second-order valence-electron chi connectivity index (χ2n) is 12.0. The SMILES string of the molecule is COC(=O)C1C(C)C2CC1C1C3CC(C21)C1C2CC(C4C5C=CC(C5)C24)C31. The van der Waals surface area contributed by atoms with Crippen LogP contribution in [-0.2, 0) is 9.53 Å². The summed E-state index contributed by atoms with van der Waals surface area (Å²) in [5.74, 6) is 14.5. The number of hydrogen-bond donors (Lipinski definition) is 0. The van der Waals surface area contributed by atoms with Gasteiger partial charge < -0.3 is 4.74 Å². The van der Waals surface area contributed by atoms with Crippen LogP contribution < -0.4 is 0 Å². The zero-order valence-corrected chi connectivity index (χ0v) is 16.5. The highest BCUT2D eigenvalue weighted by atomic mass is 16.5. The van der Waals surface area contributed by atoms with Crippen LogP contribution in [0.25, 0.3) is 0 Å². The minimum absolute atomic E-state index is 0.110. The van der Waals surface area contributed by atoms with Gasteiger partial charge in [-0.1, -0.05) is 19.1 Å². The van der Waals surface area contributed by atoms with E-state index in [0.717, 1.165) is 76.9 Å². The van der Waals surface area contributed by atoms with Crippen molar-refractivity contribution in [2.45, 2.75) is 32.6 Å². The van der Waals surface area contributed by atoms with Gasteiger partial charge >= 0.3 is 5.97 Å². The molecular formula is C25H32O2. The van der Waals surface area contributed by atoms with Crippen LogP contribution in [-0.4, -0.2) is 13.1 Å². The molecule has 0 aliphatic heterocycles. The van der Waals surface area contributed by atoms with Gasteiger partial charge in [0.25, 0.3) is 0 Å². The molecule has 7 fully saturated rings. The molecule has 8 rings (SSSR count). The Kier molecular flexibility index (Phi) is 2.53. The molecule has 0 N–H and O–H groups in total. The van der Waals surface area contributed by atoms with E-state index >= 15 is 0 Å². The molecule has 144 valence electrons. The van der Waals surface area contributed by atoms with Crippen LogP contribution in [0.5, 0.6) is 0 Å². The average molecular weight is 365 g/mol. The first-order valence-electron chi connectivity index (χ1n) is 11.9. The Morgan fingerprint density at radius 2 is 1.19 bits per heavy atom. The van der Waals surface area contributed by atoms with E-state index in [1.165, 1.54) is 19.3 Å². The average Bonchev–Trinajstić information content (AvgIpc) is 3.49. The highest BCUT2D eigenvalue weighted by Crippen LogP contribution is 2.81. The first-order valence-corrected chi connectivity index (χ1v) is 11.9. The van der Waals surface area contributed by atoms with E-state index in [9.17, 15) is 4.79 Å². The van der Waals surface area contributed by atoms with Crippen LogP contribution >= 0.6 is 0 Å². The third-order valence-corrected chi connectivity index (χ3v) is 12.2. The second-order valence-corrected chi connectivity index (χ2v) is 12.0. The van der Waals surface area contributed by atoms with E-state index in [0.29, 0.717) is 11.8 Å². The summed E-state index contributed by atoms with van der Waals surface area (Å²) >= 11 is 0. The van der Waals surface area contributed by atoms with Gasteiger partial charge in [0.1, 0.15) is 0 Å². The maximum absolute atomic E-state index is 12.6. The number of esters is 1. The summed E-state index contributed by atoms with van der Waals surface area (Å²) in [6.45, 7) is 2.38. The molecule has 8 aliphatic carbocycles. The third-order valence-electron chi connectivity index (χ3n) is 12.2. The van der Waals surface area contributed by atoms with Gasteiger partial charge in [0.15, 0.2) is 0 Å². The van der Waals surface area contributed by atoms with Crippen LogP contribution in [0.1, 0.15) is 32.6 Å². The zero-order chi connectivity index (χ0) is 17.8. The molecule has 0 aromatic carbocycles. The van der Waals surface area contributed by atoms with Gasteiger partial charge in [-0.05, 0) is 114 Å². The summed E-state index contributed by atoms with van der Waals surface area (Å²) in [6, 6.07) is 0. The van der Waals surface area contributed by atoms with Crippen molar-refractivity contribution in [1.82, 2.24) is 0 Å². The van der Waals surface area contributed by atoms with Gasteiger partial charge in [0, 0.05) is 0 Å². The molecule has 0 amide bonds. The Hall–Kier alpha value is -0.790. The Labute approximate surface area is 162 Å². The maximum atomic E-state index is 12.6. The maximum Gasteiger partial charge on any atom is 0.309 e. The third kappa shape index (κ3) is 1.41. The van der Waals surface area contributed by atoms with Crippen LogP contribution in [0.4, 0.5) is 0 Å². The highest BCUT2D eigenvalue weighted by Gasteiger charge is 2.77. The number of rotatable bonds is 1. The smallest absolute Gasteiger partial charge is 0.309 e. The number of ether oxygens (including phenoxy) is 1. The van der Waals surface area contributed by atoms with Crippen molar-refractivity contribution in [3.63, 3.8) is 0 Å². The number of carbonyl (C=O) groups excluding carboxylic acids is 1. The summed E-state index contributed by atoms with van der Waals surface area (Å²) < 4.78 is 5.27. The number of fused-ring (bicyclic) bond motifs is 23. The first-order chi connectivity index (χ1) is 13.2. The normalized spacial score (nSPS) is 70.0. The lowest BCUT2D eigenvalue weighted by Gasteiger charge is -2.51. The predicted molar refractivity (Wildman–Crippen MR) is 101 cm³/mol. The molecule has 0 aromatic heterocycles. The van der Waals surface area contributed by atoms with Gasteiger partial charge in [-0.25, -0.2) is 0 Å². The number of methoxy groups -OCH3 is 1. The molecule has 0 radical (unpaired) electrons. The Morgan fingerprint density at radius 1 is 0.704 bits per heavy atom. The van der Waals surface area contributed by atoms with Crippen molar-refractivity contribution >= 4 is 5.97 Å². The summed E-state index contributed by atoms with van der Waals surface area (Å²) in [6.07, 6.45) is 11.2. The summed E-state index contributed by atoms with van der Waals surface area (Å²) in [7, 11) is 1.61. The second kappa shape index (κ2) is 4.51. The van der Waals surface area contributed by atoms with Crippen molar-refractivity contribution in [2.24, 2.45) is 94.7 Å². The van der Waals surface area contributed by atoms with Gasteiger partial charge in [-0.2, -0.15) is 0 Å². The largest absolute Gasteiger partial charge is 0.469 e. The minimum Gasteiger partial charge on any atom is -0.469 e. The molecule has 0 aromatic rings. The topological polar surface area (TPSA) is 26.3 Å². The van der Waals surface area contributed by atoms with Crippen LogP contribution in [0.3, 0.4) is 0 Å². The van der Waals surface area contributed by atoms with Gasteiger partial charge in [0.05, 0.1) is 13.0 Å². The van der Waals surface area contributed by atoms with Gasteiger partial charge in [-0.15, -0.1) is 0 Å². The lowest BCUT2D eigenvalue weighted by Crippen LogP contribution is -2.49.